The molecule has 2 aromatic heterocycles. The highest BCUT2D eigenvalue weighted by Gasteiger charge is 2.13. The lowest BCUT2D eigenvalue weighted by Gasteiger charge is -1.99. The third-order valence-corrected chi connectivity index (χ3v) is 4.99. The SMILES string of the molecule is Cn1cc(/C=N\NC(=O)c2cn(C)c3ccc(Br)cc23)c2ccccc21. The molecule has 0 aliphatic heterocycles. The van der Waals surface area contributed by atoms with Crippen LogP contribution in [0.3, 0.4) is 0 Å². The van der Waals surface area contributed by atoms with Crippen molar-refractivity contribution in [3.63, 3.8) is 0 Å². The van der Waals surface area contributed by atoms with Gasteiger partial charge in [-0.3, -0.25) is 4.79 Å². The van der Waals surface area contributed by atoms with Crippen molar-refractivity contribution >= 4 is 49.9 Å². The van der Waals surface area contributed by atoms with Crippen molar-refractivity contribution in [1.29, 1.82) is 0 Å². The van der Waals surface area contributed by atoms with Gasteiger partial charge in [0.15, 0.2) is 0 Å². The van der Waals surface area contributed by atoms with E-state index >= 15 is 0 Å². The zero-order valence-corrected chi connectivity index (χ0v) is 16.0. The number of hydrazone groups is 1. The number of halogens is 1. The number of hydrogen-bond donors (Lipinski definition) is 1. The number of para-hydroxylation sites is 1. The van der Waals surface area contributed by atoms with E-state index in [1.54, 1.807) is 6.21 Å². The summed E-state index contributed by atoms with van der Waals surface area (Å²) in [6.07, 6.45) is 5.50. The summed E-state index contributed by atoms with van der Waals surface area (Å²) >= 11 is 3.46. The minimum absolute atomic E-state index is 0.231. The first-order valence-electron chi connectivity index (χ1n) is 8.16. The summed E-state index contributed by atoms with van der Waals surface area (Å²) in [6.45, 7) is 0. The van der Waals surface area contributed by atoms with Crippen LogP contribution in [-0.2, 0) is 14.1 Å². The summed E-state index contributed by atoms with van der Waals surface area (Å²) in [5, 5.41) is 6.15. The number of carbonyl (C=O) groups is 1. The highest BCUT2D eigenvalue weighted by Crippen LogP contribution is 2.24. The number of nitrogens with zero attached hydrogens (tertiary/aromatic N) is 3. The molecule has 1 N–H and O–H groups in total. The van der Waals surface area contributed by atoms with Crippen molar-refractivity contribution in [1.82, 2.24) is 14.6 Å². The van der Waals surface area contributed by atoms with E-state index in [0.29, 0.717) is 5.56 Å². The van der Waals surface area contributed by atoms with Crippen LogP contribution in [-0.4, -0.2) is 21.3 Å². The number of rotatable bonds is 3. The van der Waals surface area contributed by atoms with E-state index in [2.05, 4.69) is 32.5 Å². The predicted octanol–water partition coefficient (Wildman–Crippen LogP) is 4.20. The molecule has 0 saturated carbocycles. The van der Waals surface area contributed by atoms with Crippen molar-refractivity contribution in [2.75, 3.05) is 0 Å². The molecule has 0 radical (unpaired) electrons. The number of hydrogen-bond acceptors (Lipinski definition) is 2. The van der Waals surface area contributed by atoms with Gasteiger partial charge in [0.1, 0.15) is 0 Å². The molecule has 2 heterocycles. The summed E-state index contributed by atoms with van der Waals surface area (Å²) < 4.78 is 4.91. The molecule has 0 unspecified atom stereocenters. The average molecular weight is 409 g/mol. The number of aromatic nitrogens is 2. The molecule has 4 aromatic rings. The van der Waals surface area contributed by atoms with E-state index in [-0.39, 0.29) is 5.91 Å². The lowest BCUT2D eigenvalue weighted by atomic mass is 10.2. The third kappa shape index (κ3) is 2.82. The molecule has 6 heteroatoms. The summed E-state index contributed by atoms with van der Waals surface area (Å²) in [7, 11) is 3.92. The monoisotopic (exact) mass is 408 g/mol. The van der Waals surface area contributed by atoms with Crippen molar-refractivity contribution in [2.45, 2.75) is 0 Å². The maximum absolute atomic E-state index is 12.6. The van der Waals surface area contributed by atoms with Crippen LogP contribution < -0.4 is 5.43 Å². The zero-order chi connectivity index (χ0) is 18.3. The lowest BCUT2D eigenvalue weighted by molar-refractivity contribution is 0.0956. The van der Waals surface area contributed by atoms with Crippen molar-refractivity contribution in [3.05, 3.63) is 70.5 Å². The molecule has 0 aliphatic carbocycles. The highest BCUT2D eigenvalue weighted by atomic mass is 79.9. The molecule has 1 amide bonds. The van der Waals surface area contributed by atoms with Crippen LogP contribution in [0.4, 0.5) is 0 Å². The first-order chi connectivity index (χ1) is 12.5. The Labute approximate surface area is 159 Å². The number of amides is 1. The van der Waals surface area contributed by atoms with E-state index in [1.807, 2.05) is 72.0 Å². The second-order valence-electron chi connectivity index (χ2n) is 6.23. The second-order valence-corrected chi connectivity index (χ2v) is 7.14. The van der Waals surface area contributed by atoms with Gasteiger partial charge in [-0.15, -0.1) is 0 Å². The summed E-state index contributed by atoms with van der Waals surface area (Å²) in [5.74, 6) is -0.231. The molecule has 0 bridgehead atoms. The van der Waals surface area contributed by atoms with E-state index in [1.165, 1.54) is 0 Å². The lowest BCUT2D eigenvalue weighted by Crippen LogP contribution is -2.17. The molecule has 130 valence electrons. The summed E-state index contributed by atoms with van der Waals surface area (Å²) in [4.78, 5) is 12.6. The predicted molar refractivity (Wildman–Crippen MR) is 109 cm³/mol. The first-order valence-corrected chi connectivity index (χ1v) is 8.96. The van der Waals surface area contributed by atoms with E-state index in [4.69, 9.17) is 0 Å². The topological polar surface area (TPSA) is 51.3 Å². The Morgan fingerprint density at radius 3 is 2.62 bits per heavy atom. The van der Waals surface area contributed by atoms with Gasteiger partial charge in [0.05, 0.1) is 11.8 Å². The summed E-state index contributed by atoms with van der Waals surface area (Å²) in [6, 6.07) is 14.0. The Kier molecular flexibility index (Phi) is 4.12. The highest BCUT2D eigenvalue weighted by molar-refractivity contribution is 9.10. The number of nitrogens with one attached hydrogen (secondary N) is 1. The fourth-order valence-corrected chi connectivity index (χ4v) is 3.60. The van der Waals surface area contributed by atoms with E-state index < -0.39 is 0 Å². The van der Waals surface area contributed by atoms with Crippen LogP contribution in [0.1, 0.15) is 15.9 Å². The van der Waals surface area contributed by atoms with Gasteiger partial charge in [0.25, 0.3) is 5.91 Å². The molecular formula is C20H17BrN4O. The minimum atomic E-state index is -0.231. The van der Waals surface area contributed by atoms with Crippen molar-refractivity contribution in [2.24, 2.45) is 19.2 Å². The number of fused-ring (bicyclic) bond motifs is 2. The van der Waals surface area contributed by atoms with Gasteiger partial charge in [-0.05, 0) is 24.3 Å². The van der Waals surface area contributed by atoms with Gasteiger partial charge in [-0.1, -0.05) is 34.1 Å². The zero-order valence-electron chi connectivity index (χ0n) is 14.4. The molecule has 4 rings (SSSR count). The fraction of sp³-hybridized carbons (Fsp3) is 0.100. The summed E-state index contributed by atoms with van der Waals surface area (Å²) in [5.41, 5.74) is 6.32. The standard InChI is InChI=1S/C20H17BrN4O/c1-24-11-13(15-5-3-4-6-18(15)24)10-22-23-20(26)17-12-25(2)19-8-7-14(21)9-16(17)19/h3-12H,1-2H3,(H,23,26)/b22-10-. The first kappa shape index (κ1) is 16.6. The van der Waals surface area contributed by atoms with Crippen LogP contribution in [0.5, 0.6) is 0 Å². The smallest absolute Gasteiger partial charge is 0.273 e. The van der Waals surface area contributed by atoms with Crippen LogP contribution in [0, 0.1) is 0 Å². The molecule has 0 saturated heterocycles. The van der Waals surface area contributed by atoms with Crippen molar-refractivity contribution in [3.8, 4) is 0 Å². The average Bonchev–Trinajstić information content (AvgIpc) is 3.13. The molecule has 0 fully saturated rings. The van der Waals surface area contributed by atoms with Gasteiger partial charge in [-0.2, -0.15) is 5.10 Å². The van der Waals surface area contributed by atoms with Gasteiger partial charge in [-0.25, -0.2) is 5.43 Å². The largest absolute Gasteiger partial charge is 0.350 e. The quantitative estimate of drug-likeness (QED) is 0.400. The minimum Gasteiger partial charge on any atom is -0.350 e. The Morgan fingerprint density at radius 1 is 1.04 bits per heavy atom. The van der Waals surface area contributed by atoms with Crippen LogP contribution in [0.15, 0.2) is 64.4 Å². The van der Waals surface area contributed by atoms with Gasteiger partial charge in [0.2, 0.25) is 0 Å². The molecule has 0 aliphatic rings. The van der Waals surface area contributed by atoms with Crippen LogP contribution in [0.25, 0.3) is 21.8 Å². The molecule has 26 heavy (non-hydrogen) atoms. The Morgan fingerprint density at radius 2 is 1.77 bits per heavy atom. The third-order valence-electron chi connectivity index (χ3n) is 4.49. The van der Waals surface area contributed by atoms with Gasteiger partial charge >= 0.3 is 0 Å². The van der Waals surface area contributed by atoms with E-state index in [0.717, 1.165) is 31.8 Å². The second kappa shape index (κ2) is 6.46. The maximum Gasteiger partial charge on any atom is 0.273 e. The normalized spacial score (nSPS) is 11.7. The van der Waals surface area contributed by atoms with Gasteiger partial charge in [0, 0.05) is 58.3 Å². The van der Waals surface area contributed by atoms with E-state index in [9.17, 15) is 4.79 Å². The fourth-order valence-electron chi connectivity index (χ4n) is 3.24. The maximum atomic E-state index is 12.6. The molecule has 0 spiro atoms. The Hall–Kier alpha value is -2.86. The molecule has 2 aromatic carbocycles. The molecule has 0 atom stereocenters. The Bertz CT molecular complexity index is 1170. The molecular weight excluding hydrogens is 392 g/mol. The van der Waals surface area contributed by atoms with Crippen LogP contribution in [0.2, 0.25) is 0 Å². The number of benzene rings is 2. The molecule has 5 nitrogen and oxygen atoms in total. The number of carbonyl (C=O) groups excluding carboxylic acids is 1. The van der Waals surface area contributed by atoms with Gasteiger partial charge < -0.3 is 9.13 Å². The number of aryl methyl sites for hydroxylation is 2. The Balaban J connectivity index is 1.61. The van der Waals surface area contributed by atoms with Crippen molar-refractivity contribution < 1.29 is 4.79 Å². The van der Waals surface area contributed by atoms with Crippen LogP contribution >= 0.6 is 15.9 Å².